The molecule has 1 N–H and O–H groups in total. The van der Waals surface area contributed by atoms with Crippen molar-refractivity contribution in [3.8, 4) is 5.75 Å². The number of aryl methyl sites for hydroxylation is 1. The standard InChI is InChI=1S/C26H27N3O4S/c1-3-33-21-11-9-19(10-12-21)27-24(30)17-22-25(31)29(20-7-5-4-6-8-20)26(32)28(22)15-13-23-18(2)14-16-34-23/h4-12,14,16,22H,3,13,15,17H2,1-2H3,(H,27,30)/t22-/m1/s1. The Morgan fingerprint density at radius 1 is 1.06 bits per heavy atom. The maximum absolute atomic E-state index is 13.3. The smallest absolute Gasteiger partial charge is 0.332 e. The molecule has 4 amide bonds. The zero-order valence-corrected chi connectivity index (χ0v) is 20.0. The Bertz CT molecular complexity index is 1160. The van der Waals surface area contributed by atoms with Gasteiger partial charge in [0.1, 0.15) is 11.8 Å². The van der Waals surface area contributed by atoms with Crippen molar-refractivity contribution in [3.05, 3.63) is 76.5 Å². The Morgan fingerprint density at radius 2 is 1.79 bits per heavy atom. The number of rotatable bonds is 9. The number of benzene rings is 2. The minimum atomic E-state index is -0.865. The van der Waals surface area contributed by atoms with Crippen LogP contribution in [-0.4, -0.2) is 41.9 Å². The number of thiophene rings is 1. The van der Waals surface area contributed by atoms with Crippen molar-refractivity contribution in [2.24, 2.45) is 0 Å². The van der Waals surface area contributed by atoms with Gasteiger partial charge in [0.25, 0.3) is 5.91 Å². The number of ether oxygens (including phenoxy) is 1. The van der Waals surface area contributed by atoms with E-state index >= 15 is 0 Å². The fourth-order valence-electron chi connectivity index (χ4n) is 3.97. The van der Waals surface area contributed by atoms with Gasteiger partial charge in [0, 0.05) is 17.1 Å². The lowest BCUT2D eigenvalue weighted by atomic mass is 10.1. The van der Waals surface area contributed by atoms with Gasteiger partial charge in [0.15, 0.2) is 0 Å². The molecule has 2 aromatic carbocycles. The Kier molecular flexibility index (Phi) is 7.27. The molecule has 1 aromatic heterocycles. The van der Waals surface area contributed by atoms with Gasteiger partial charge in [0.2, 0.25) is 5.91 Å². The van der Waals surface area contributed by atoms with Crippen LogP contribution in [0.3, 0.4) is 0 Å². The molecule has 3 aromatic rings. The summed E-state index contributed by atoms with van der Waals surface area (Å²) in [7, 11) is 0. The van der Waals surface area contributed by atoms with E-state index < -0.39 is 12.1 Å². The van der Waals surface area contributed by atoms with E-state index in [1.165, 1.54) is 9.80 Å². The first-order valence-electron chi connectivity index (χ1n) is 11.2. The van der Waals surface area contributed by atoms with Crippen LogP contribution in [0.15, 0.2) is 66.0 Å². The van der Waals surface area contributed by atoms with Crippen LogP contribution in [0.5, 0.6) is 5.75 Å². The number of para-hydroxylation sites is 1. The number of carbonyl (C=O) groups is 3. The van der Waals surface area contributed by atoms with Crippen molar-refractivity contribution in [1.82, 2.24) is 4.90 Å². The molecular weight excluding hydrogens is 450 g/mol. The number of hydrogen-bond donors (Lipinski definition) is 1. The van der Waals surface area contributed by atoms with Crippen LogP contribution in [0.25, 0.3) is 0 Å². The van der Waals surface area contributed by atoms with E-state index in [2.05, 4.69) is 5.32 Å². The van der Waals surface area contributed by atoms with E-state index in [4.69, 9.17) is 4.74 Å². The SMILES string of the molecule is CCOc1ccc(NC(=O)C[C@@H]2C(=O)N(c3ccccc3)C(=O)N2CCc2sccc2C)cc1. The number of carbonyl (C=O) groups excluding carboxylic acids is 3. The van der Waals surface area contributed by atoms with Crippen LogP contribution >= 0.6 is 11.3 Å². The van der Waals surface area contributed by atoms with Crippen LogP contribution in [0.2, 0.25) is 0 Å². The first-order chi connectivity index (χ1) is 16.5. The van der Waals surface area contributed by atoms with E-state index in [9.17, 15) is 14.4 Å². The molecule has 0 spiro atoms. The van der Waals surface area contributed by atoms with Crippen molar-refractivity contribution < 1.29 is 19.1 Å². The lowest BCUT2D eigenvalue weighted by molar-refractivity contribution is -0.124. The molecule has 0 aliphatic carbocycles. The molecule has 1 fully saturated rings. The maximum atomic E-state index is 13.3. The van der Waals surface area contributed by atoms with Crippen LogP contribution in [0, 0.1) is 6.92 Å². The minimum Gasteiger partial charge on any atom is -0.494 e. The zero-order valence-electron chi connectivity index (χ0n) is 19.2. The summed E-state index contributed by atoms with van der Waals surface area (Å²) in [4.78, 5) is 43.3. The highest BCUT2D eigenvalue weighted by atomic mass is 32.1. The molecule has 34 heavy (non-hydrogen) atoms. The average molecular weight is 478 g/mol. The third-order valence-corrected chi connectivity index (χ3v) is 6.79. The third kappa shape index (κ3) is 5.12. The molecule has 1 aliphatic heterocycles. The maximum Gasteiger partial charge on any atom is 0.332 e. The highest BCUT2D eigenvalue weighted by Gasteiger charge is 2.46. The van der Waals surface area contributed by atoms with Gasteiger partial charge >= 0.3 is 6.03 Å². The molecule has 8 heteroatoms. The highest BCUT2D eigenvalue weighted by molar-refractivity contribution is 7.10. The lowest BCUT2D eigenvalue weighted by Gasteiger charge is -2.21. The fourth-order valence-corrected chi connectivity index (χ4v) is 4.87. The van der Waals surface area contributed by atoms with Gasteiger partial charge < -0.3 is 15.0 Å². The van der Waals surface area contributed by atoms with Gasteiger partial charge in [-0.2, -0.15) is 0 Å². The number of anilines is 2. The normalized spacial score (nSPS) is 15.6. The van der Waals surface area contributed by atoms with E-state index in [0.29, 0.717) is 36.7 Å². The molecule has 0 unspecified atom stereocenters. The van der Waals surface area contributed by atoms with Crippen LogP contribution in [0.1, 0.15) is 23.8 Å². The van der Waals surface area contributed by atoms with Gasteiger partial charge in [-0.05, 0) is 73.7 Å². The Morgan fingerprint density at radius 3 is 2.44 bits per heavy atom. The van der Waals surface area contributed by atoms with Crippen LogP contribution in [-0.2, 0) is 16.0 Å². The van der Waals surface area contributed by atoms with Crippen molar-refractivity contribution in [2.75, 3.05) is 23.4 Å². The molecule has 0 saturated carbocycles. The molecular formula is C26H27N3O4S. The number of imide groups is 1. The number of nitrogens with zero attached hydrogens (tertiary/aromatic N) is 2. The minimum absolute atomic E-state index is 0.120. The molecule has 1 aliphatic rings. The van der Waals surface area contributed by atoms with E-state index in [1.807, 2.05) is 31.4 Å². The second-order valence-electron chi connectivity index (χ2n) is 7.99. The number of hydrogen-bond acceptors (Lipinski definition) is 5. The highest BCUT2D eigenvalue weighted by Crippen LogP contribution is 2.28. The summed E-state index contributed by atoms with van der Waals surface area (Å²) in [5.74, 6) is -0.00548. The molecule has 2 heterocycles. The number of urea groups is 1. The van der Waals surface area contributed by atoms with Crippen LogP contribution in [0.4, 0.5) is 16.2 Å². The summed E-state index contributed by atoms with van der Waals surface area (Å²) in [6.07, 6.45) is 0.507. The second-order valence-corrected chi connectivity index (χ2v) is 8.99. The predicted molar refractivity (Wildman–Crippen MR) is 133 cm³/mol. The molecule has 4 rings (SSSR count). The summed E-state index contributed by atoms with van der Waals surface area (Å²) >= 11 is 1.63. The second kappa shape index (κ2) is 10.5. The van der Waals surface area contributed by atoms with E-state index in [0.717, 1.165) is 10.4 Å². The molecule has 1 saturated heterocycles. The summed E-state index contributed by atoms with van der Waals surface area (Å²) in [5, 5.41) is 4.84. The Balaban J connectivity index is 1.51. The van der Waals surface area contributed by atoms with Crippen molar-refractivity contribution >= 4 is 40.6 Å². The van der Waals surface area contributed by atoms with Gasteiger partial charge in [-0.15, -0.1) is 11.3 Å². The molecule has 1 atom stereocenters. The first-order valence-corrected chi connectivity index (χ1v) is 12.1. The van der Waals surface area contributed by atoms with Gasteiger partial charge in [-0.25, -0.2) is 9.69 Å². The summed E-state index contributed by atoms with van der Waals surface area (Å²) < 4.78 is 5.43. The summed E-state index contributed by atoms with van der Waals surface area (Å²) in [6, 6.07) is 16.6. The van der Waals surface area contributed by atoms with Crippen molar-refractivity contribution in [1.29, 1.82) is 0 Å². The van der Waals surface area contributed by atoms with Crippen molar-refractivity contribution in [2.45, 2.75) is 32.7 Å². The Hall–Kier alpha value is -3.65. The number of amides is 4. The lowest BCUT2D eigenvalue weighted by Crippen LogP contribution is -2.39. The first kappa shape index (κ1) is 23.5. The fraction of sp³-hybridized carbons (Fsp3) is 0.269. The van der Waals surface area contributed by atoms with Gasteiger partial charge in [0.05, 0.1) is 18.7 Å². The third-order valence-electron chi connectivity index (χ3n) is 5.71. The van der Waals surface area contributed by atoms with Gasteiger partial charge in [-0.1, -0.05) is 18.2 Å². The van der Waals surface area contributed by atoms with Crippen molar-refractivity contribution in [3.63, 3.8) is 0 Å². The molecule has 0 bridgehead atoms. The topological polar surface area (TPSA) is 79.0 Å². The summed E-state index contributed by atoms with van der Waals surface area (Å²) in [6.45, 7) is 4.85. The average Bonchev–Trinajstić information content (AvgIpc) is 3.34. The summed E-state index contributed by atoms with van der Waals surface area (Å²) in [5.41, 5.74) is 2.27. The van der Waals surface area contributed by atoms with Crippen LogP contribution < -0.4 is 15.0 Å². The molecule has 7 nitrogen and oxygen atoms in total. The molecule has 0 radical (unpaired) electrons. The zero-order chi connectivity index (χ0) is 24.1. The Labute approximate surface area is 202 Å². The molecule has 176 valence electrons. The van der Waals surface area contributed by atoms with Gasteiger partial charge in [-0.3, -0.25) is 9.59 Å². The predicted octanol–water partition coefficient (Wildman–Crippen LogP) is 4.86. The van der Waals surface area contributed by atoms with E-state index in [1.54, 1.807) is 59.9 Å². The van der Waals surface area contributed by atoms with E-state index in [-0.39, 0.29) is 18.2 Å². The monoisotopic (exact) mass is 477 g/mol. The quantitative estimate of drug-likeness (QED) is 0.446. The largest absolute Gasteiger partial charge is 0.494 e. The number of nitrogens with one attached hydrogen (secondary N) is 1.